The van der Waals surface area contributed by atoms with Gasteiger partial charge in [-0.3, -0.25) is 4.90 Å². The first-order chi connectivity index (χ1) is 19.8. The molecule has 0 aromatic heterocycles. The van der Waals surface area contributed by atoms with Crippen molar-refractivity contribution in [2.45, 2.75) is 102 Å². The Morgan fingerprint density at radius 3 is 2.19 bits per heavy atom. The third-order valence-electron chi connectivity index (χ3n) is 9.65. The average Bonchev–Trinajstić information content (AvgIpc) is 2.95. The summed E-state index contributed by atoms with van der Waals surface area (Å²) in [5.74, 6) is 1.40. The molecule has 1 saturated carbocycles. The predicted molar refractivity (Wildman–Crippen MR) is 161 cm³/mol. The molecule has 0 spiro atoms. The predicted octanol–water partition coefficient (Wildman–Crippen LogP) is 8.48. The number of carbonyl (C=O) groups excluding carboxylic acids is 1. The summed E-state index contributed by atoms with van der Waals surface area (Å²) in [6.07, 6.45) is 2.98. The molecule has 0 bridgehead atoms. The minimum Gasteiger partial charge on any atom is -0.497 e. The number of methoxy groups -OCH3 is 1. The lowest BCUT2D eigenvalue weighted by molar-refractivity contribution is -0.217. The molecule has 1 aliphatic carbocycles. The van der Waals surface area contributed by atoms with Gasteiger partial charge in [-0.05, 0) is 114 Å². The van der Waals surface area contributed by atoms with E-state index in [1.165, 1.54) is 25.0 Å². The topological polar surface area (TPSA) is 38.8 Å². The second kappa shape index (κ2) is 13.1. The largest absolute Gasteiger partial charge is 0.497 e. The highest BCUT2D eigenvalue weighted by Crippen LogP contribution is 2.45. The van der Waals surface area contributed by atoms with Gasteiger partial charge in [0, 0.05) is 31.0 Å². The molecule has 0 radical (unpaired) electrons. The first kappa shape index (κ1) is 32.5. The molecule has 2 aliphatic rings. The quantitative estimate of drug-likeness (QED) is 0.247. The van der Waals surface area contributed by atoms with E-state index in [0.717, 1.165) is 62.5 Å². The Balaban J connectivity index is 1.55. The molecule has 2 fully saturated rings. The van der Waals surface area contributed by atoms with Gasteiger partial charge < -0.3 is 14.3 Å². The second-order valence-electron chi connectivity index (χ2n) is 13.9. The fraction of sp³-hybridized carbons (Fsp3) is 0.629. The molecule has 1 saturated heterocycles. The number of hydrogen-bond acceptors (Lipinski definition) is 4. The van der Waals surface area contributed by atoms with Crippen LogP contribution in [-0.4, -0.2) is 49.8 Å². The number of ether oxygens (including phenoxy) is 2. The van der Waals surface area contributed by atoms with Gasteiger partial charge >= 0.3 is 6.18 Å². The molecule has 42 heavy (non-hydrogen) atoms. The Hall–Kier alpha value is -2.38. The average molecular weight is 588 g/mol. The maximum Gasteiger partial charge on any atom is 0.395 e. The van der Waals surface area contributed by atoms with Crippen LogP contribution in [0.3, 0.4) is 0 Å². The van der Waals surface area contributed by atoms with E-state index in [-0.39, 0.29) is 23.5 Å². The zero-order chi connectivity index (χ0) is 30.6. The van der Waals surface area contributed by atoms with E-state index in [9.17, 15) is 18.0 Å². The zero-order valence-corrected chi connectivity index (χ0v) is 25.9. The number of nitrogens with zero attached hydrogens (tertiary/aromatic N) is 1. The summed E-state index contributed by atoms with van der Waals surface area (Å²) in [7, 11) is 1.65. The van der Waals surface area contributed by atoms with Crippen LogP contribution in [0.25, 0.3) is 0 Å². The molecule has 2 aromatic rings. The molecule has 232 valence electrons. The minimum atomic E-state index is -4.30. The molecule has 7 heteroatoms. The normalized spacial score (nSPS) is 24.9. The van der Waals surface area contributed by atoms with Crippen molar-refractivity contribution in [1.82, 2.24) is 4.90 Å². The van der Waals surface area contributed by atoms with Crippen LogP contribution < -0.4 is 4.74 Å². The molecule has 0 N–H and O–H groups in total. The SMILES string of the molecule is COc1ccc([C@]2(CCN(Cc3ccc([C@H]4CC[C@@H](C=O)CC4)cc3)CC(C)(C)C(F)(F)F)CCOC(C)(C)C2)cc1. The van der Waals surface area contributed by atoms with E-state index in [1.807, 2.05) is 17.0 Å². The number of aldehydes is 1. The molecule has 1 aliphatic heterocycles. The molecule has 4 rings (SSSR count). The lowest BCUT2D eigenvalue weighted by atomic mass is 9.67. The van der Waals surface area contributed by atoms with Crippen molar-refractivity contribution in [3.05, 3.63) is 65.2 Å². The van der Waals surface area contributed by atoms with E-state index in [4.69, 9.17) is 9.47 Å². The van der Waals surface area contributed by atoms with E-state index < -0.39 is 11.6 Å². The number of halogens is 3. The van der Waals surface area contributed by atoms with Crippen molar-refractivity contribution in [2.75, 3.05) is 26.8 Å². The molecule has 2 aromatic carbocycles. The van der Waals surface area contributed by atoms with Crippen molar-refractivity contribution in [3.63, 3.8) is 0 Å². The van der Waals surface area contributed by atoms with Crippen molar-refractivity contribution < 1.29 is 27.4 Å². The van der Waals surface area contributed by atoms with Crippen molar-refractivity contribution in [1.29, 1.82) is 0 Å². The summed E-state index contributed by atoms with van der Waals surface area (Å²) >= 11 is 0. The van der Waals surface area contributed by atoms with Crippen LogP contribution >= 0.6 is 0 Å². The van der Waals surface area contributed by atoms with Gasteiger partial charge in [0.15, 0.2) is 0 Å². The highest BCUT2D eigenvalue weighted by atomic mass is 19.4. The van der Waals surface area contributed by atoms with E-state index in [2.05, 4.69) is 50.2 Å². The van der Waals surface area contributed by atoms with E-state index in [0.29, 0.717) is 25.6 Å². The molecule has 1 heterocycles. The minimum absolute atomic E-state index is 0.0768. The smallest absolute Gasteiger partial charge is 0.395 e. The summed E-state index contributed by atoms with van der Waals surface area (Å²) in [6, 6.07) is 16.6. The lowest BCUT2D eigenvalue weighted by Gasteiger charge is -2.46. The van der Waals surface area contributed by atoms with Gasteiger partial charge in [0.2, 0.25) is 0 Å². The first-order valence-corrected chi connectivity index (χ1v) is 15.4. The maximum atomic E-state index is 14.1. The van der Waals surface area contributed by atoms with E-state index in [1.54, 1.807) is 7.11 Å². The van der Waals surface area contributed by atoms with Gasteiger partial charge in [-0.1, -0.05) is 36.4 Å². The van der Waals surface area contributed by atoms with Crippen LogP contribution in [0.1, 0.15) is 95.2 Å². The highest BCUT2D eigenvalue weighted by Gasteiger charge is 2.48. The van der Waals surface area contributed by atoms with Crippen LogP contribution in [-0.2, 0) is 21.5 Å². The van der Waals surface area contributed by atoms with E-state index >= 15 is 0 Å². The Labute approximate surface area is 250 Å². The maximum absolute atomic E-state index is 14.1. The third-order valence-corrected chi connectivity index (χ3v) is 9.65. The van der Waals surface area contributed by atoms with Crippen LogP contribution in [0.2, 0.25) is 0 Å². The second-order valence-corrected chi connectivity index (χ2v) is 13.9. The van der Waals surface area contributed by atoms with Crippen molar-refractivity contribution in [2.24, 2.45) is 11.3 Å². The van der Waals surface area contributed by atoms with Gasteiger partial charge in [0.25, 0.3) is 0 Å². The Bertz CT molecular complexity index is 1150. The van der Waals surface area contributed by atoms with Crippen molar-refractivity contribution >= 4 is 6.29 Å². The van der Waals surface area contributed by atoms with Gasteiger partial charge in [0.1, 0.15) is 12.0 Å². The standard InChI is InChI=1S/C35H48F3NO3/c1-32(2,35(36,37)38)25-39(22-26-6-10-28(11-7-26)29-12-8-27(23-40)9-13-29)20-18-34(19-21-42-33(3,4)24-34)30-14-16-31(41-5)17-15-30/h6-7,10-11,14-17,23,27,29H,8-9,12-13,18-22,24-25H2,1-5H3/t27-,29+,34-/m1/s1. The van der Waals surface area contributed by atoms with Gasteiger partial charge in [0.05, 0.1) is 18.1 Å². The zero-order valence-electron chi connectivity index (χ0n) is 25.9. The van der Waals surface area contributed by atoms with Crippen molar-refractivity contribution in [3.8, 4) is 5.75 Å². The fourth-order valence-electron chi connectivity index (χ4n) is 7.00. The van der Waals surface area contributed by atoms with Gasteiger partial charge in [-0.25, -0.2) is 0 Å². The monoisotopic (exact) mass is 587 g/mol. The number of rotatable bonds is 11. The first-order valence-electron chi connectivity index (χ1n) is 15.4. The summed E-state index contributed by atoms with van der Waals surface area (Å²) in [4.78, 5) is 13.1. The Morgan fingerprint density at radius 1 is 1.00 bits per heavy atom. The summed E-state index contributed by atoms with van der Waals surface area (Å²) in [5.41, 5.74) is 1.08. The molecule has 0 unspecified atom stereocenters. The third kappa shape index (κ3) is 7.96. The van der Waals surface area contributed by atoms with Crippen LogP contribution in [0, 0.1) is 11.3 Å². The number of hydrogen-bond donors (Lipinski definition) is 0. The number of benzene rings is 2. The summed E-state index contributed by atoms with van der Waals surface area (Å²) in [5, 5.41) is 0. The highest BCUT2D eigenvalue weighted by molar-refractivity contribution is 5.53. The summed E-state index contributed by atoms with van der Waals surface area (Å²) < 4.78 is 53.7. The molecule has 4 nitrogen and oxygen atoms in total. The van der Waals surface area contributed by atoms with Gasteiger partial charge in [-0.2, -0.15) is 13.2 Å². The summed E-state index contributed by atoms with van der Waals surface area (Å²) in [6.45, 7) is 8.33. The lowest BCUT2D eigenvalue weighted by Crippen LogP contribution is -2.47. The molecular weight excluding hydrogens is 539 g/mol. The Kier molecular flexibility index (Phi) is 10.1. The van der Waals surface area contributed by atoms with Crippen LogP contribution in [0.15, 0.2) is 48.5 Å². The molecular formula is C35H48F3NO3. The molecule has 0 amide bonds. The fourth-order valence-corrected chi connectivity index (χ4v) is 7.00. The van der Waals surface area contributed by atoms with Crippen LogP contribution in [0.5, 0.6) is 5.75 Å². The van der Waals surface area contributed by atoms with Gasteiger partial charge in [-0.15, -0.1) is 0 Å². The Morgan fingerprint density at radius 2 is 1.64 bits per heavy atom. The molecule has 1 atom stereocenters. The van der Waals surface area contributed by atoms with Crippen LogP contribution in [0.4, 0.5) is 13.2 Å². The number of carbonyl (C=O) groups is 1. The number of alkyl halides is 3.